The Bertz CT molecular complexity index is 749. The smallest absolute Gasteiger partial charge is 0.325 e. The lowest BCUT2D eigenvalue weighted by Crippen LogP contribution is -2.35. The number of benzene rings is 2. The fraction of sp³-hybridized carbons (Fsp3) is 0.300. The third-order valence-electron chi connectivity index (χ3n) is 3.96. The summed E-state index contributed by atoms with van der Waals surface area (Å²) < 4.78 is 23.3. The van der Waals surface area contributed by atoms with E-state index >= 15 is 0 Å². The summed E-state index contributed by atoms with van der Waals surface area (Å²) in [5.41, 5.74) is 1.61. The van der Waals surface area contributed by atoms with Gasteiger partial charge in [-0.05, 0) is 29.7 Å². The first-order valence-corrected chi connectivity index (χ1v) is 8.24. The Labute approximate surface area is 152 Å². The lowest BCUT2D eigenvalue weighted by molar-refractivity contribution is -0.147. The van der Waals surface area contributed by atoms with Crippen molar-refractivity contribution in [2.45, 2.75) is 19.4 Å². The lowest BCUT2D eigenvalue weighted by atomic mass is 10.1. The Kier molecular flexibility index (Phi) is 7.14. The third kappa shape index (κ3) is 5.58. The van der Waals surface area contributed by atoms with Crippen LogP contribution in [-0.4, -0.2) is 37.5 Å². The van der Waals surface area contributed by atoms with Crippen molar-refractivity contribution in [3.63, 3.8) is 0 Å². The zero-order chi connectivity index (χ0) is 18.9. The second-order valence-electron chi connectivity index (χ2n) is 5.78. The van der Waals surface area contributed by atoms with Crippen LogP contribution in [0.5, 0.6) is 5.75 Å². The van der Waals surface area contributed by atoms with Crippen LogP contribution in [0.3, 0.4) is 0 Å². The van der Waals surface area contributed by atoms with Gasteiger partial charge in [0.25, 0.3) is 0 Å². The van der Waals surface area contributed by atoms with Gasteiger partial charge in [0.2, 0.25) is 5.91 Å². The predicted octanol–water partition coefficient (Wildman–Crippen LogP) is 2.97. The van der Waals surface area contributed by atoms with Crippen molar-refractivity contribution in [2.75, 3.05) is 20.8 Å². The number of hydrogen-bond donors (Lipinski definition) is 0. The summed E-state index contributed by atoms with van der Waals surface area (Å²) in [7, 11) is 2.68. The summed E-state index contributed by atoms with van der Waals surface area (Å²) in [6.07, 6.45) is 0.530. The molecule has 0 aliphatic heterocycles. The highest BCUT2D eigenvalue weighted by Gasteiger charge is 2.18. The molecule has 5 nitrogen and oxygen atoms in total. The summed E-state index contributed by atoms with van der Waals surface area (Å²) >= 11 is 0. The van der Waals surface area contributed by atoms with E-state index < -0.39 is 11.8 Å². The predicted molar refractivity (Wildman–Crippen MR) is 95.1 cm³/mol. The van der Waals surface area contributed by atoms with Gasteiger partial charge < -0.3 is 14.4 Å². The number of aryl methyl sites for hydroxylation is 1. The van der Waals surface area contributed by atoms with E-state index in [4.69, 9.17) is 4.74 Å². The Morgan fingerprint density at radius 3 is 2.38 bits per heavy atom. The summed E-state index contributed by atoms with van der Waals surface area (Å²) in [5.74, 6) is -0.982. The van der Waals surface area contributed by atoms with Gasteiger partial charge in [-0.1, -0.05) is 36.4 Å². The molecule has 138 valence electrons. The molecule has 0 aliphatic rings. The Morgan fingerprint density at radius 1 is 1.04 bits per heavy atom. The largest absolute Gasteiger partial charge is 0.494 e. The number of amides is 1. The van der Waals surface area contributed by atoms with Gasteiger partial charge in [0.1, 0.15) is 6.54 Å². The molecule has 0 aromatic heterocycles. The Morgan fingerprint density at radius 2 is 1.77 bits per heavy atom. The molecule has 0 saturated heterocycles. The zero-order valence-electron chi connectivity index (χ0n) is 14.9. The van der Waals surface area contributed by atoms with Crippen molar-refractivity contribution in [1.82, 2.24) is 4.90 Å². The van der Waals surface area contributed by atoms with Gasteiger partial charge in [0, 0.05) is 13.0 Å². The minimum Gasteiger partial charge on any atom is -0.494 e. The van der Waals surface area contributed by atoms with Crippen LogP contribution in [-0.2, 0) is 27.3 Å². The molecule has 0 saturated carbocycles. The molecule has 0 spiro atoms. The lowest BCUT2D eigenvalue weighted by Gasteiger charge is -2.21. The highest BCUT2D eigenvalue weighted by atomic mass is 19.1. The zero-order valence-corrected chi connectivity index (χ0v) is 14.9. The molecular formula is C20H22FNO4. The van der Waals surface area contributed by atoms with Crippen LogP contribution in [0.25, 0.3) is 0 Å². The van der Waals surface area contributed by atoms with Crippen LogP contribution in [0.15, 0.2) is 48.5 Å². The molecule has 0 bridgehead atoms. The average molecular weight is 359 g/mol. The monoisotopic (exact) mass is 359 g/mol. The van der Waals surface area contributed by atoms with Gasteiger partial charge in [-0.15, -0.1) is 0 Å². The Hall–Kier alpha value is -2.89. The molecule has 0 aliphatic carbocycles. The molecule has 0 N–H and O–H groups in total. The SMILES string of the molecule is COC(=O)CN(Cc1ccccc1)C(=O)CCc1ccc(OC)c(F)c1. The van der Waals surface area contributed by atoms with Crippen molar-refractivity contribution >= 4 is 11.9 Å². The molecular weight excluding hydrogens is 337 g/mol. The minimum atomic E-state index is -0.482. The second-order valence-corrected chi connectivity index (χ2v) is 5.78. The van der Waals surface area contributed by atoms with Gasteiger partial charge in [-0.3, -0.25) is 9.59 Å². The minimum absolute atomic E-state index is 0.124. The van der Waals surface area contributed by atoms with Crippen molar-refractivity contribution in [2.24, 2.45) is 0 Å². The number of carbonyl (C=O) groups excluding carboxylic acids is 2. The van der Waals surface area contributed by atoms with E-state index in [1.807, 2.05) is 30.3 Å². The molecule has 0 fully saturated rings. The maximum Gasteiger partial charge on any atom is 0.325 e. The summed E-state index contributed by atoms with van der Waals surface area (Å²) in [5, 5.41) is 0. The molecule has 2 aromatic carbocycles. The molecule has 0 unspecified atom stereocenters. The van der Waals surface area contributed by atoms with Gasteiger partial charge in [0.15, 0.2) is 11.6 Å². The normalized spacial score (nSPS) is 10.3. The quantitative estimate of drug-likeness (QED) is 0.680. The van der Waals surface area contributed by atoms with Crippen molar-refractivity contribution in [1.29, 1.82) is 0 Å². The van der Waals surface area contributed by atoms with Gasteiger partial charge >= 0.3 is 5.97 Å². The van der Waals surface area contributed by atoms with E-state index in [9.17, 15) is 14.0 Å². The van der Waals surface area contributed by atoms with Gasteiger partial charge in [-0.25, -0.2) is 4.39 Å². The highest BCUT2D eigenvalue weighted by Crippen LogP contribution is 2.19. The molecule has 6 heteroatoms. The number of hydrogen-bond acceptors (Lipinski definition) is 4. The molecule has 2 aromatic rings. The second kappa shape index (κ2) is 9.56. The highest BCUT2D eigenvalue weighted by molar-refractivity contribution is 5.82. The van der Waals surface area contributed by atoms with E-state index in [0.29, 0.717) is 18.5 Å². The molecule has 2 rings (SSSR count). The van der Waals surface area contributed by atoms with Crippen LogP contribution in [0.1, 0.15) is 17.5 Å². The van der Waals surface area contributed by atoms with E-state index in [1.54, 1.807) is 6.07 Å². The van der Waals surface area contributed by atoms with E-state index in [1.165, 1.54) is 31.3 Å². The van der Waals surface area contributed by atoms with Crippen molar-refractivity contribution in [3.8, 4) is 5.75 Å². The third-order valence-corrected chi connectivity index (χ3v) is 3.96. The molecule has 26 heavy (non-hydrogen) atoms. The average Bonchev–Trinajstić information content (AvgIpc) is 2.66. The first-order valence-electron chi connectivity index (χ1n) is 8.24. The van der Waals surface area contributed by atoms with Crippen LogP contribution in [0.2, 0.25) is 0 Å². The number of nitrogens with zero attached hydrogens (tertiary/aromatic N) is 1. The maximum absolute atomic E-state index is 13.8. The number of rotatable bonds is 8. The van der Waals surface area contributed by atoms with Crippen LogP contribution < -0.4 is 4.74 Å². The number of methoxy groups -OCH3 is 2. The standard InChI is InChI=1S/C20H22FNO4/c1-25-18-10-8-15(12-17(18)21)9-11-19(23)22(14-20(24)26-2)13-16-6-4-3-5-7-16/h3-8,10,12H,9,11,13-14H2,1-2H3. The van der Waals surface area contributed by atoms with E-state index in [0.717, 1.165) is 5.56 Å². The van der Waals surface area contributed by atoms with E-state index in [2.05, 4.69) is 4.74 Å². The van der Waals surface area contributed by atoms with Crippen molar-refractivity contribution in [3.05, 3.63) is 65.5 Å². The number of ether oxygens (including phenoxy) is 2. The molecule has 0 atom stereocenters. The topological polar surface area (TPSA) is 55.8 Å². The van der Waals surface area contributed by atoms with Crippen molar-refractivity contribution < 1.29 is 23.5 Å². The Balaban J connectivity index is 2.03. The summed E-state index contributed by atoms with van der Waals surface area (Å²) in [6.45, 7) is 0.187. The van der Waals surface area contributed by atoms with Crippen LogP contribution in [0, 0.1) is 5.82 Å². The van der Waals surface area contributed by atoms with E-state index in [-0.39, 0.29) is 24.6 Å². The fourth-order valence-electron chi connectivity index (χ4n) is 2.53. The molecule has 0 heterocycles. The first kappa shape index (κ1) is 19.4. The summed E-state index contributed by atoms with van der Waals surface area (Å²) in [4.78, 5) is 25.7. The fourth-order valence-corrected chi connectivity index (χ4v) is 2.53. The number of halogens is 1. The number of esters is 1. The van der Waals surface area contributed by atoms with Gasteiger partial charge in [0.05, 0.1) is 14.2 Å². The van der Waals surface area contributed by atoms with Gasteiger partial charge in [-0.2, -0.15) is 0 Å². The molecule has 1 amide bonds. The number of carbonyl (C=O) groups is 2. The maximum atomic E-state index is 13.8. The summed E-state index contributed by atoms with van der Waals surface area (Å²) in [6, 6.07) is 14.0. The first-order chi connectivity index (χ1) is 12.5. The molecule has 0 radical (unpaired) electrons. The van der Waals surface area contributed by atoms with Crippen LogP contribution in [0.4, 0.5) is 4.39 Å². The van der Waals surface area contributed by atoms with Crippen LogP contribution >= 0.6 is 0 Å².